The Labute approximate surface area is 110 Å². The van der Waals surface area contributed by atoms with E-state index in [4.69, 9.17) is 4.74 Å². The van der Waals surface area contributed by atoms with Crippen molar-refractivity contribution in [1.82, 2.24) is 4.90 Å². The van der Waals surface area contributed by atoms with Crippen LogP contribution in [0.2, 0.25) is 0 Å². The summed E-state index contributed by atoms with van der Waals surface area (Å²) in [6.07, 6.45) is 2.21. The predicted molar refractivity (Wildman–Crippen MR) is 72.2 cm³/mol. The summed E-state index contributed by atoms with van der Waals surface area (Å²) < 4.78 is 27.5. The van der Waals surface area contributed by atoms with Gasteiger partial charge in [0.25, 0.3) is 0 Å². The van der Waals surface area contributed by atoms with E-state index in [1.807, 2.05) is 4.90 Å². The van der Waals surface area contributed by atoms with Gasteiger partial charge in [-0.3, -0.25) is 9.69 Å². The van der Waals surface area contributed by atoms with Gasteiger partial charge in [-0.1, -0.05) is 13.0 Å². The van der Waals surface area contributed by atoms with Crippen LogP contribution in [-0.2, 0) is 19.4 Å². The van der Waals surface area contributed by atoms with Crippen molar-refractivity contribution in [2.75, 3.05) is 37.7 Å². The van der Waals surface area contributed by atoms with E-state index in [0.717, 1.165) is 0 Å². The van der Waals surface area contributed by atoms with Crippen molar-refractivity contribution in [2.45, 2.75) is 20.3 Å². The molecule has 5 nitrogen and oxygen atoms in total. The Morgan fingerprint density at radius 1 is 1.39 bits per heavy atom. The maximum atomic E-state index is 11.3. The van der Waals surface area contributed by atoms with Gasteiger partial charge in [0.15, 0.2) is 0 Å². The van der Waals surface area contributed by atoms with Crippen molar-refractivity contribution in [3.8, 4) is 0 Å². The predicted octanol–water partition coefficient (Wildman–Crippen LogP) is 0.862. The van der Waals surface area contributed by atoms with Crippen molar-refractivity contribution < 1.29 is 17.9 Å². The smallest absolute Gasteiger partial charge is 0.320 e. The van der Waals surface area contributed by atoms with Crippen molar-refractivity contribution in [2.24, 2.45) is 0 Å². The van der Waals surface area contributed by atoms with Gasteiger partial charge in [-0.2, -0.15) is 0 Å². The third kappa shape index (κ3) is 8.25. The minimum Gasteiger partial charge on any atom is -0.465 e. The molecule has 0 heterocycles. The number of hydrogen-bond donors (Lipinski definition) is 0. The lowest BCUT2D eigenvalue weighted by Crippen LogP contribution is -2.33. The fourth-order valence-electron chi connectivity index (χ4n) is 1.46. The molecular formula is C12H23NO4S. The summed E-state index contributed by atoms with van der Waals surface area (Å²) in [5.74, 6) is 0.0180. The highest BCUT2D eigenvalue weighted by Crippen LogP contribution is 1.98. The number of hydrogen-bond acceptors (Lipinski definition) is 5. The summed E-state index contributed by atoms with van der Waals surface area (Å²) in [6.45, 7) is 8.62. The molecule has 18 heavy (non-hydrogen) atoms. The second kappa shape index (κ2) is 9.10. The van der Waals surface area contributed by atoms with E-state index in [1.165, 1.54) is 0 Å². The van der Waals surface area contributed by atoms with Crippen molar-refractivity contribution in [1.29, 1.82) is 0 Å². The molecule has 106 valence electrons. The van der Waals surface area contributed by atoms with E-state index < -0.39 is 9.84 Å². The number of esters is 1. The molecule has 0 N–H and O–H groups in total. The Hall–Kier alpha value is -0.880. The van der Waals surface area contributed by atoms with E-state index >= 15 is 0 Å². The number of sulfone groups is 1. The van der Waals surface area contributed by atoms with Gasteiger partial charge in [-0.25, -0.2) is 8.42 Å². The second-order valence-electron chi connectivity index (χ2n) is 3.92. The highest BCUT2D eigenvalue weighted by molar-refractivity contribution is 7.91. The number of rotatable bonds is 10. The lowest BCUT2D eigenvalue weighted by atomic mass is 10.4. The summed E-state index contributed by atoms with van der Waals surface area (Å²) in [7, 11) is -2.94. The van der Waals surface area contributed by atoms with Crippen molar-refractivity contribution in [3.05, 3.63) is 12.7 Å². The number of ether oxygens (including phenoxy) is 1. The molecule has 0 aromatic rings. The molecule has 0 saturated carbocycles. The van der Waals surface area contributed by atoms with Crippen LogP contribution in [0.15, 0.2) is 12.7 Å². The zero-order chi connectivity index (χ0) is 14.0. The third-order valence-corrected chi connectivity index (χ3v) is 4.21. The van der Waals surface area contributed by atoms with Crippen LogP contribution in [0.1, 0.15) is 20.3 Å². The summed E-state index contributed by atoms with van der Waals surface area (Å²) in [5.41, 5.74) is 0. The van der Waals surface area contributed by atoms with Crippen LogP contribution >= 0.6 is 0 Å². The molecule has 0 aromatic carbocycles. The fraction of sp³-hybridized carbons (Fsp3) is 0.750. The molecule has 0 aliphatic carbocycles. The Bertz CT molecular complexity index is 351. The van der Waals surface area contributed by atoms with Crippen LogP contribution in [0.3, 0.4) is 0 Å². The molecular weight excluding hydrogens is 254 g/mol. The van der Waals surface area contributed by atoms with E-state index in [1.54, 1.807) is 19.9 Å². The van der Waals surface area contributed by atoms with E-state index in [9.17, 15) is 13.2 Å². The molecule has 0 rings (SSSR count). The SMILES string of the molecule is C=CCN(CCCS(=O)(=O)CC)CC(=O)OCC. The van der Waals surface area contributed by atoms with Gasteiger partial charge in [-0.05, 0) is 13.3 Å². The van der Waals surface area contributed by atoms with Crippen LogP contribution in [-0.4, -0.2) is 57.0 Å². The standard InChI is InChI=1S/C12H23NO4S/c1-4-8-13(11-12(14)17-5-2)9-7-10-18(15,16)6-3/h4H,1,5-11H2,2-3H3. The second-order valence-corrected chi connectivity index (χ2v) is 6.39. The summed E-state index contributed by atoms with van der Waals surface area (Å²) in [6, 6.07) is 0. The van der Waals surface area contributed by atoms with Crippen molar-refractivity contribution in [3.63, 3.8) is 0 Å². The number of carbonyl (C=O) groups is 1. The Balaban J connectivity index is 4.12. The number of nitrogens with zero attached hydrogens (tertiary/aromatic N) is 1. The molecule has 0 spiro atoms. The third-order valence-electron chi connectivity index (χ3n) is 2.41. The molecule has 0 bridgehead atoms. The Kier molecular flexibility index (Phi) is 8.66. The monoisotopic (exact) mass is 277 g/mol. The van der Waals surface area contributed by atoms with Gasteiger partial charge in [-0.15, -0.1) is 6.58 Å². The van der Waals surface area contributed by atoms with Gasteiger partial charge >= 0.3 is 5.97 Å². The first-order valence-corrected chi connectivity index (χ1v) is 7.96. The van der Waals surface area contributed by atoms with Crippen LogP contribution in [0.4, 0.5) is 0 Å². The van der Waals surface area contributed by atoms with Crippen LogP contribution in [0.5, 0.6) is 0 Å². The van der Waals surface area contributed by atoms with Gasteiger partial charge in [0.05, 0.1) is 18.9 Å². The summed E-state index contributed by atoms with van der Waals surface area (Å²) in [4.78, 5) is 13.2. The average Bonchev–Trinajstić information content (AvgIpc) is 2.29. The largest absolute Gasteiger partial charge is 0.465 e. The van der Waals surface area contributed by atoms with Gasteiger partial charge in [0.1, 0.15) is 9.84 Å². The lowest BCUT2D eigenvalue weighted by molar-refractivity contribution is -0.144. The molecule has 0 aliphatic heterocycles. The quantitative estimate of drug-likeness (QED) is 0.438. The molecule has 0 amide bonds. The molecule has 0 radical (unpaired) electrons. The normalized spacial score (nSPS) is 11.5. The van der Waals surface area contributed by atoms with Gasteiger partial charge in [0, 0.05) is 18.8 Å². The van der Waals surface area contributed by atoms with Gasteiger partial charge < -0.3 is 4.74 Å². The molecule has 0 aromatic heterocycles. The average molecular weight is 277 g/mol. The first kappa shape index (κ1) is 17.1. The van der Waals surface area contributed by atoms with E-state index in [0.29, 0.717) is 26.1 Å². The molecule has 0 unspecified atom stereocenters. The fourth-order valence-corrected chi connectivity index (χ4v) is 2.32. The lowest BCUT2D eigenvalue weighted by Gasteiger charge is -2.19. The topological polar surface area (TPSA) is 63.7 Å². The summed E-state index contributed by atoms with van der Waals surface area (Å²) >= 11 is 0. The molecule has 6 heteroatoms. The minimum atomic E-state index is -2.94. The first-order chi connectivity index (χ1) is 8.45. The Morgan fingerprint density at radius 3 is 2.56 bits per heavy atom. The number of carbonyl (C=O) groups excluding carboxylic acids is 1. The first-order valence-electron chi connectivity index (χ1n) is 6.14. The van der Waals surface area contributed by atoms with Crippen LogP contribution < -0.4 is 0 Å². The zero-order valence-electron chi connectivity index (χ0n) is 11.2. The maximum Gasteiger partial charge on any atom is 0.320 e. The summed E-state index contributed by atoms with van der Waals surface area (Å²) in [5, 5.41) is 0. The van der Waals surface area contributed by atoms with E-state index in [-0.39, 0.29) is 24.0 Å². The molecule has 0 saturated heterocycles. The van der Waals surface area contributed by atoms with Gasteiger partial charge in [0.2, 0.25) is 0 Å². The minimum absolute atomic E-state index is 0.153. The molecule has 0 fully saturated rings. The molecule has 0 atom stereocenters. The molecule has 0 aliphatic rings. The highest BCUT2D eigenvalue weighted by Gasteiger charge is 2.12. The van der Waals surface area contributed by atoms with Crippen LogP contribution in [0, 0.1) is 0 Å². The van der Waals surface area contributed by atoms with Crippen molar-refractivity contribution >= 4 is 15.8 Å². The highest BCUT2D eigenvalue weighted by atomic mass is 32.2. The Morgan fingerprint density at radius 2 is 2.06 bits per heavy atom. The van der Waals surface area contributed by atoms with E-state index in [2.05, 4.69) is 6.58 Å². The van der Waals surface area contributed by atoms with Crippen LogP contribution in [0.25, 0.3) is 0 Å². The zero-order valence-corrected chi connectivity index (χ0v) is 12.0. The maximum absolute atomic E-state index is 11.3.